The van der Waals surface area contributed by atoms with E-state index >= 15 is 0 Å². The molecule has 116 valence electrons. The molecule has 0 unspecified atom stereocenters. The molecule has 1 aromatic carbocycles. The number of nitrogens with zero attached hydrogens (tertiary/aromatic N) is 3. The molecule has 0 atom stereocenters. The third-order valence-electron chi connectivity index (χ3n) is 5.42. The summed E-state index contributed by atoms with van der Waals surface area (Å²) in [5.41, 5.74) is 6.40. The zero-order valence-corrected chi connectivity index (χ0v) is 13.8. The molecule has 1 saturated heterocycles. The highest BCUT2D eigenvalue weighted by atomic mass is 32.1. The molecule has 1 aliphatic heterocycles. The molecule has 3 nitrogen and oxygen atoms in total. The van der Waals surface area contributed by atoms with Gasteiger partial charge in [-0.2, -0.15) is 0 Å². The first-order chi connectivity index (χ1) is 11.3. The van der Waals surface area contributed by atoms with Gasteiger partial charge >= 0.3 is 0 Å². The van der Waals surface area contributed by atoms with Gasteiger partial charge in [0.15, 0.2) is 0 Å². The van der Waals surface area contributed by atoms with E-state index in [9.17, 15) is 0 Å². The summed E-state index contributed by atoms with van der Waals surface area (Å²) in [5, 5.41) is 0. The van der Waals surface area contributed by atoms with Crippen LogP contribution >= 0.6 is 11.3 Å². The third-order valence-corrected chi connectivity index (χ3v) is 6.21. The van der Waals surface area contributed by atoms with Crippen molar-refractivity contribution in [2.24, 2.45) is 11.3 Å². The van der Waals surface area contributed by atoms with Gasteiger partial charge in [0.05, 0.1) is 15.7 Å². The Balaban J connectivity index is 1.20. The number of benzene rings is 1. The smallest absolute Gasteiger partial charge is 0.0813 e. The van der Waals surface area contributed by atoms with Gasteiger partial charge in [0.25, 0.3) is 0 Å². The van der Waals surface area contributed by atoms with Gasteiger partial charge in [0.2, 0.25) is 0 Å². The summed E-state index contributed by atoms with van der Waals surface area (Å²) >= 11 is 1.73. The van der Waals surface area contributed by atoms with Crippen molar-refractivity contribution < 1.29 is 0 Å². The van der Waals surface area contributed by atoms with Crippen LogP contribution in [0.25, 0.3) is 10.2 Å². The number of rotatable bonds is 3. The Morgan fingerprint density at radius 1 is 1.22 bits per heavy atom. The van der Waals surface area contributed by atoms with Crippen LogP contribution in [-0.4, -0.2) is 23.1 Å². The van der Waals surface area contributed by atoms with E-state index in [-0.39, 0.29) is 0 Å². The molecule has 0 radical (unpaired) electrons. The second-order valence-corrected chi connectivity index (χ2v) is 8.09. The van der Waals surface area contributed by atoms with E-state index in [0.29, 0.717) is 5.41 Å². The molecule has 1 spiro atoms. The van der Waals surface area contributed by atoms with Crippen LogP contribution in [0.4, 0.5) is 5.69 Å². The van der Waals surface area contributed by atoms with E-state index < -0.39 is 0 Å². The van der Waals surface area contributed by atoms with Crippen LogP contribution in [0, 0.1) is 11.3 Å². The first-order valence-electron chi connectivity index (χ1n) is 8.27. The van der Waals surface area contributed by atoms with Gasteiger partial charge in [0, 0.05) is 36.6 Å². The van der Waals surface area contributed by atoms with Crippen molar-refractivity contribution >= 4 is 27.2 Å². The molecule has 1 aliphatic carbocycles. The number of hydrogen-bond donors (Lipinski definition) is 0. The van der Waals surface area contributed by atoms with Gasteiger partial charge in [-0.3, -0.25) is 4.98 Å². The normalized spacial score (nSPS) is 19.7. The first kappa shape index (κ1) is 13.5. The fourth-order valence-corrected chi connectivity index (χ4v) is 5.12. The highest BCUT2D eigenvalue weighted by Crippen LogP contribution is 2.53. The van der Waals surface area contributed by atoms with Crippen molar-refractivity contribution in [2.75, 3.05) is 18.0 Å². The van der Waals surface area contributed by atoms with Crippen LogP contribution in [0.15, 0.2) is 48.2 Å². The quantitative estimate of drug-likeness (QED) is 0.725. The zero-order valence-electron chi connectivity index (χ0n) is 13.0. The van der Waals surface area contributed by atoms with Crippen molar-refractivity contribution in [3.63, 3.8) is 0 Å². The molecule has 5 rings (SSSR count). The van der Waals surface area contributed by atoms with Crippen molar-refractivity contribution in [1.82, 2.24) is 9.97 Å². The molecule has 0 N–H and O–H groups in total. The number of anilines is 1. The van der Waals surface area contributed by atoms with Gasteiger partial charge < -0.3 is 4.90 Å². The lowest BCUT2D eigenvalue weighted by molar-refractivity contribution is 0.0240. The van der Waals surface area contributed by atoms with Gasteiger partial charge in [-0.05, 0) is 55.0 Å². The summed E-state index contributed by atoms with van der Waals surface area (Å²) in [4.78, 5) is 11.1. The molecule has 23 heavy (non-hydrogen) atoms. The summed E-state index contributed by atoms with van der Waals surface area (Å²) in [6, 6.07) is 10.9. The van der Waals surface area contributed by atoms with Crippen molar-refractivity contribution in [3.8, 4) is 0 Å². The summed E-state index contributed by atoms with van der Waals surface area (Å²) < 4.78 is 1.30. The molecular formula is C19H19N3S. The van der Waals surface area contributed by atoms with Crippen molar-refractivity contribution in [2.45, 2.75) is 19.3 Å². The fraction of sp³-hybridized carbons (Fsp3) is 0.368. The fourth-order valence-electron chi connectivity index (χ4n) is 4.41. The maximum Gasteiger partial charge on any atom is 0.0813 e. The number of fused-ring (bicyclic) bond motifs is 1. The molecule has 2 fully saturated rings. The molecule has 2 aromatic heterocycles. The van der Waals surface area contributed by atoms with Crippen LogP contribution in [0.5, 0.6) is 0 Å². The molecule has 0 amide bonds. The predicted molar refractivity (Wildman–Crippen MR) is 94.9 cm³/mol. The molecular weight excluding hydrogens is 302 g/mol. The largest absolute Gasteiger partial charge is 0.370 e. The highest BCUT2D eigenvalue weighted by Gasteiger charge is 2.51. The third kappa shape index (κ3) is 2.32. The molecule has 4 heteroatoms. The second-order valence-electron chi connectivity index (χ2n) is 7.20. The van der Waals surface area contributed by atoms with Crippen LogP contribution in [-0.2, 0) is 6.42 Å². The Kier molecular flexibility index (Phi) is 2.95. The topological polar surface area (TPSA) is 29.0 Å². The highest BCUT2D eigenvalue weighted by molar-refractivity contribution is 7.16. The van der Waals surface area contributed by atoms with Crippen molar-refractivity contribution in [1.29, 1.82) is 0 Å². The summed E-state index contributed by atoms with van der Waals surface area (Å²) in [5.74, 6) is 0.852. The molecule has 1 saturated carbocycles. The predicted octanol–water partition coefficient (Wildman–Crippen LogP) is 4.15. The van der Waals surface area contributed by atoms with Crippen LogP contribution in [0.2, 0.25) is 0 Å². The zero-order chi connectivity index (χ0) is 15.3. The molecule has 2 aliphatic rings. The summed E-state index contributed by atoms with van der Waals surface area (Å²) in [6.45, 7) is 2.45. The molecule has 3 heterocycles. The lowest BCUT2D eigenvalue weighted by Gasteiger charge is -2.60. The summed E-state index contributed by atoms with van der Waals surface area (Å²) in [7, 11) is 0. The SMILES string of the molecule is c1cncc(CC2CC3(C2)CN(c2ccc4ncsc4c2)C3)c1. The van der Waals surface area contributed by atoms with E-state index in [1.54, 1.807) is 11.3 Å². The summed E-state index contributed by atoms with van der Waals surface area (Å²) in [6.07, 6.45) is 7.82. The maximum absolute atomic E-state index is 4.36. The van der Waals surface area contributed by atoms with Gasteiger partial charge in [0.1, 0.15) is 0 Å². The Morgan fingerprint density at radius 3 is 2.96 bits per heavy atom. The number of thiazole rings is 1. The standard InChI is InChI=1S/C19H19N3S/c1-2-14(10-20-5-1)6-15-8-19(9-15)11-22(12-19)16-3-4-17-18(7-16)23-13-21-17/h1-5,7,10,13,15H,6,8-9,11-12H2. The first-order valence-corrected chi connectivity index (χ1v) is 9.15. The van der Waals surface area contributed by atoms with Crippen LogP contribution in [0.1, 0.15) is 18.4 Å². The van der Waals surface area contributed by atoms with E-state index in [1.807, 2.05) is 24.0 Å². The molecule has 0 bridgehead atoms. The Morgan fingerprint density at radius 2 is 2.13 bits per heavy atom. The average molecular weight is 321 g/mol. The minimum Gasteiger partial charge on any atom is -0.370 e. The Bertz CT molecular complexity index is 828. The van der Waals surface area contributed by atoms with E-state index in [2.05, 4.69) is 39.1 Å². The van der Waals surface area contributed by atoms with E-state index in [1.165, 1.54) is 48.3 Å². The number of aromatic nitrogens is 2. The van der Waals surface area contributed by atoms with Gasteiger partial charge in [-0.1, -0.05) is 6.07 Å². The minimum absolute atomic E-state index is 0.593. The van der Waals surface area contributed by atoms with Crippen molar-refractivity contribution in [3.05, 3.63) is 53.8 Å². The number of pyridine rings is 1. The lowest BCUT2D eigenvalue weighted by atomic mass is 9.56. The van der Waals surface area contributed by atoms with E-state index in [0.717, 1.165) is 11.4 Å². The lowest BCUT2D eigenvalue weighted by Crippen LogP contribution is -2.62. The van der Waals surface area contributed by atoms with Gasteiger partial charge in [-0.15, -0.1) is 11.3 Å². The average Bonchev–Trinajstić information content (AvgIpc) is 2.97. The number of hydrogen-bond acceptors (Lipinski definition) is 4. The van der Waals surface area contributed by atoms with Crippen LogP contribution < -0.4 is 4.90 Å². The Hall–Kier alpha value is -1.94. The maximum atomic E-state index is 4.36. The molecule has 3 aromatic rings. The van der Waals surface area contributed by atoms with Gasteiger partial charge in [-0.25, -0.2) is 4.98 Å². The second kappa shape index (κ2) is 5.03. The Labute approximate surface area is 140 Å². The minimum atomic E-state index is 0.593. The van der Waals surface area contributed by atoms with Crippen LogP contribution in [0.3, 0.4) is 0 Å². The monoisotopic (exact) mass is 321 g/mol. The van der Waals surface area contributed by atoms with E-state index in [4.69, 9.17) is 0 Å².